The topological polar surface area (TPSA) is 89.3 Å². The molecule has 0 aliphatic heterocycles. The van der Waals surface area contributed by atoms with Gasteiger partial charge in [-0.3, -0.25) is 14.8 Å². The van der Waals surface area contributed by atoms with Gasteiger partial charge in [-0.15, -0.1) is 0 Å². The number of nitrogens with one attached hydrogen (secondary N) is 1. The largest absolute Gasteiger partial charge is 0.280 e. The van der Waals surface area contributed by atoms with Crippen LogP contribution in [0.5, 0.6) is 0 Å². The normalized spacial score (nSPS) is 11.1. The molecule has 0 aliphatic rings. The van der Waals surface area contributed by atoms with Crippen molar-refractivity contribution in [1.29, 1.82) is 0 Å². The molecule has 6 nitrogen and oxygen atoms in total. The molecule has 0 atom stereocenters. The third-order valence-electron chi connectivity index (χ3n) is 2.81. The Balaban J connectivity index is 2.38. The third-order valence-corrected chi connectivity index (χ3v) is 4.19. The highest BCUT2D eigenvalue weighted by Gasteiger charge is 2.17. The van der Waals surface area contributed by atoms with Crippen molar-refractivity contribution in [3.05, 3.63) is 63.7 Å². The van der Waals surface area contributed by atoms with Crippen LogP contribution in [0.4, 0.5) is 11.4 Å². The van der Waals surface area contributed by atoms with E-state index in [-0.39, 0.29) is 10.6 Å². The maximum absolute atomic E-state index is 12.3. The van der Waals surface area contributed by atoms with Gasteiger partial charge in [0.05, 0.1) is 9.82 Å². The Kier molecular flexibility index (Phi) is 3.95. The van der Waals surface area contributed by atoms with Crippen LogP contribution in [0.2, 0.25) is 0 Å². The minimum Gasteiger partial charge on any atom is -0.280 e. The molecule has 110 valence electrons. The van der Waals surface area contributed by atoms with Gasteiger partial charge >= 0.3 is 0 Å². The minimum atomic E-state index is -3.86. The standard InChI is InChI=1S/C14H14N2O4S/c1-10-6-11(2)8-12(7-10)15-21(19,20)14-5-3-4-13(9-14)16(17)18/h3-9,15H,1-2H3. The lowest BCUT2D eigenvalue weighted by Gasteiger charge is -2.09. The smallest absolute Gasteiger partial charge is 0.270 e. The van der Waals surface area contributed by atoms with Gasteiger partial charge in [0, 0.05) is 17.8 Å². The second-order valence-electron chi connectivity index (χ2n) is 4.74. The van der Waals surface area contributed by atoms with Crippen LogP contribution in [0.15, 0.2) is 47.4 Å². The van der Waals surface area contributed by atoms with Crippen LogP contribution < -0.4 is 4.72 Å². The molecule has 2 aromatic rings. The van der Waals surface area contributed by atoms with Gasteiger partial charge in [-0.2, -0.15) is 0 Å². The Morgan fingerprint density at radius 1 is 1.05 bits per heavy atom. The van der Waals surface area contributed by atoms with Gasteiger partial charge in [0.1, 0.15) is 0 Å². The summed E-state index contributed by atoms with van der Waals surface area (Å²) in [6.07, 6.45) is 0. The van der Waals surface area contributed by atoms with Gasteiger partial charge in [-0.25, -0.2) is 8.42 Å². The molecule has 0 radical (unpaired) electrons. The molecule has 21 heavy (non-hydrogen) atoms. The predicted molar refractivity (Wildman–Crippen MR) is 79.8 cm³/mol. The molecule has 1 N–H and O–H groups in total. The van der Waals surface area contributed by atoms with Crippen molar-refractivity contribution in [3.63, 3.8) is 0 Å². The zero-order valence-electron chi connectivity index (χ0n) is 11.5. The number of hydrogen-bond acceptors (Lipinski definition) is 4. The second kappa shape index (κ2) is 5.53. The van der Waals surface area contributed by atoms with E-state index in [0.717, 1.165) is 17.2 Å². The van der Waals surface area contributed by atoms with E-state index < -0.39 is 14.9 Å². The first kappa shape index (κ1) is 15.0. The summed E-state index contributed by atoms with van der Waals surface area (Å²) in [5.74, 6) is 0. The number of nitro groups is 1. The Labute approximate surface area is 122 Å². The summed E-state index contributed by atoms with van der Waals surface area (Å²) in [5.41, 5.74) is 2.01. The minimum absolute atomic E-state index is 0.143. The quantitative estimate of drug-likeness (QED) is 0.694. The van der Waals surface area contributed by atoms with Crippen molar-refractivity contribution < 1.29 is 13.3 Å². The third kappa shape index (κ3) is 3.57. The number of nitro benzene ring substituents is 1. The zero-order valence-corrected chi connectivity index (χ0v) is 12.3. The molecule has 2 rings (SSSR count). The summed E-state index contributed by atoms with van der Waals surface area (Å²) in [6.45, 7) is 3.72. The molecule has 0 spiro atoms. The van der Waals surface area contributed by atoms with Crippen molar-refractivity contribution in [2.24, 2.45) is 0 Å². The van der Waals surface area contributed by atoms with E-state index in [9.17, 15) is 18.5 Å². The summed E-state index contributed by atoms with van der Waals surface area (Å²) < 4.78 is 27.0. The summed E-state index contributed by atoms with van der Waals surface area (Å²) >= 11 is 0. The predicted octanol–water partition coefficient (Wildman–Crippen LogP) is 3.01. The van der Waals surface area contributed by atoms with Crippen LogP contribution in [-0.2, 0) is 10.0 Å². The SMILES string of the molecule is Cc1cc(C)cc(NS(=O)(=O)c2cccc([N+](=O)[O-])c2)c1. The Morgan fingerprint density at radius 2 is 1.67 bits per heavy atom. The lowest BCUT2D eigenvalue weighted by Crippen LogP contribution is -2.13. The maximum atomic E-state index is 12.3. The molecule has 7 heteroatoms. The number of benzene rings is 2. The lowest BCUT2D eigenvalue weighted by atomic mass is 10.1. The molecule has 0 heterocycles. The van der Waals surface area contributed by atoms with Gasteiger partial charge in [-0.1, -0.05) is 12.1 Å². The Hall–Kier alpha value is -2.41. The van der Waals surface area contributed by atoms with Crippen molar-refractivity contribution in [2.75, 3.05) is 4.72 Å². The van der Waals surface area contributed by atoms with Crippen molar-refractivity contribution in [1.82, 2.24) is 0 Å². The van der Waals surface area contributed by atoms with Crippen LogP contribution in [0.1, 0.15) is 11.1 Å². The zero-order chi connectivity index (χ0) is 15.6. The van der Waals surface area contributed by atoms with E-state index in [2.05, 4.69) is 4.72 Å². The van der Waals surface area contributed by atoms with E-state index >= 15 is 0 Å². The van der Waals surface area contributed by atoms with Crippen LogP contribution in [0.25, 0.3) is 0 Å². The van der Waals surface area contributed by atoms with E-state index in [1.807, 2.05) is 19.9 Å². The number of rotatable bonds is 4. The summed E-state index contributed by atoms with van der Waals surface area (Å²) in [4.78, 5) is 9.95. The molecule has 0 amide bonds. The molecule has 0 bridgehead atoms. The highest BCUT2D eigenvalue weighted by atomic mass is 32.2. The fourth-order valence-corrected chi connectivity index (χ4v) is 3.09. The molecule has 0 aliphatic carbocycles. The molecule has 0 unspecified atom stereocenters. The van der Waals surface area contributed by atoms with Crippen LogP contribution in [0.3, 0.4) is 0 Å². The average Bonchev–Trinajstić information content (AvgIpc) is 2.37. The first-order valence-electron chi connectivity index (χ1n) is 6.13. The van der Waals surface area contributed by atoms with Gasteiger partial charge < -0.3 is 0 Å². The number of hydrogen-bond donors (Lipinski definition) is 1. The molecule has 0 saturated carbocycles. The highest BCUT2D eigenvalue weighted by molar-refractivity contribution is 7.92. The highest BCUT2D eigenvalue weighted by Crippen LogP contribution is 2.21. The number of non-ortho nitro benzene ring substituents is 1. The number of anilines is 1. The summed E-state index contributed by atoms with van der Waals surface area (Å²) in [5, 5.41) is 10.7. The maximum Gasteiger partial charge on any atom is 0.270 e. The van der Waals surface area contributed by atoms with Crippen molar-refractivity contribution in [2.45, 2.75) is 18.7 Å². The Bertz CT molecular complexity index is 780. The van der Waals surface area contributed by atoms with E-state index in [1.165, 1.54) is 18.2 Å². The summed E-state index contributed by atoms with van der Waals surface area (Å²) in [6, 6.07) is 10.3. The first-order valence-corrected chi connectivity index (χ1v) is 7.62. The number of aryl methyl sites for hydroxylation is 2. The van der Waals surface area contributed by atoms with Gasteiger partial charge in [0.2, 0.25) is 0 Å². The molecular weight excluding hydrogens is 292 g/mol. The summed E-state index contributed by atoms with van der Waals surface area (Å²) in [7, 11) is -3.86. The molecule has 2 aromatic carbocycles. The van der Waals surface area contributed by atoms with Crippen LogP contribution >= 0.6 is 0 Å². The molecular formula is C14H14N2O4S. The van der Waals surface area contributed by atoms with E-state index in [1.54, 1.807) is 12.1 Å². The van der Waals surface area contributed by atoms with Crippen LogP contribution in [0, 0.1) is 24.0 Å². The number of nitrogens with zero attached hydrogens (tertiary/aromatic N) is 1. The lowest BCUT2D eigenvalue weighted by molar-refractivity contribution is -0.385. The van der Waals surface area contributed by atoms with Gasteiger partial charge in [0.15, 0.2) is 0 Å². The fourth-order valence-electron chi connectivity index (χ4n) is 2.01. The van der Waals surface area contributed by atoms with Crippen LogP contribution in [-0.4, -0.2) is 13.3 Å². The second-order valence-corrected chi connectivity index (χ2v) is 6.42. The van der Waals surface area contributed by atoms with E-state index in [4.69, 9.17) is 0 Å². The van der Waals surface area contributed by atoms with Gasteiger partial charge in [-0.05, 0) is 43.2 Å². The van der Waals surface area contributed by atoms with Crippen molar-refractivity contribution in [3.8, 4) is 0 Å². The Morgan fingerprint density at radius 3 is 2.24 bits per heavy atom. The number of sulfonamides is 1. The van der Waals surface area contributed by atoms with Gasteiger partial charge in [0.25, 0.3) is 15.7 Å². The fraction of sp³-hybridized carbons (Fsp3) is 0.143. The average molecular weight is 306 g/mol. The molecule has 0 fully saturated rings. The molecule has 0 aromatic heterocycles. The van der Waals surface area contributed by atoms with Crippen molar-refractivity contribution >= 4 is 21.4 Å². The van der Waals surface area contributed by atoms with E-state index in [0.29, 0.717) is 5.69 Å². The molecule has 0 saturated heterocycles. The monoisotopic (exact) mass is 306 g/mol. The first-order chi connectivity index (χ1) is 9.78.